The Bertz CT molecular complexity index is 1420. The Morgan fingerprint density at radius 2 is 1.91 bits per heavy atom. The molecule has 1 unspecified atom stereocenters. The van der Waals surface area contributed by atoms with Gasteiger partial charge in [-0.05, 0) is 43.7 Å². The average Bonchev–Trinajstić information content (AvgIpc) is 3.18. The number of hydrogen-bond donors (Lipinski definition) is 6. The summed E-state index contributed by atoms with van der Waals surface area (Å²) in [6.07, 6.45) is -0.228. The van der Waals surface area contributed by atoms with Gasteiger partial charge in [0, 0.05) is 23.1 Å². The number of aryl methyl sites for hydroxylation is 2. The van der Waals surface area contributed by atoms with Gasteiger partial charge in [-0.1, -0.05) is 12.1 Å². The number of hydrogen-bond acceptors (Lipinski definition) is 9. The van der Waals surface area contributed by atoms with Gasteiger partial charge < -0.3 is 31.5 Å². The maximum absolute atomic E-state index is 13.4. The molecule has 3 aromatic heterocycles. The minimum atomic E-state index is -3.25. The second-order valence-electron chi connectivity index (χ2n) is 7.66. The first-order valence-electron chi connectivity index (χ1n) is 10.0. The Balaban J connectivity index is 1.71. The molecule has 0 saturated heterocycles. The van der Waals surface area contributed by atoms with E-state index in [1.807, 2.05) is 0 Å². The number of fused-ring (bicyclic) bond motifs is 1. The van der Waals surface area contributed by atoms with Crippen molar-refractivity contribution in [1.29, 1.82) is 0 Å². The van der Waals surface area contributed by atoms with Crippen molar-refractivity contribution < 1.29 is 29.6 Å². The van der Waals surface area contributed by atoms with Gasteiger partial charge in [-0.2, -0.15) is 0 Å². The number of aliphatic hydroxyl groups is 4. The number of aliphatic hydroxyl groups excluding tert-OH is 1. The molecule has 12 heteroatoms. The molecule has 0 radical (unpaired) electrons. The van der Waals surface area contributed by atoms with Crippen LogP contribution >= 0.6 is 0 Å². The molecule has 176 valence electrons. The van der Waals surface area contributed by atoms with Crippen LogP contribution in [0.15, 0.2) is 42.6 Å². The number of benzene rings is 1. The molecule has 0 spiro atoms. The normalized spacial score (nSPS) is 12.7. The molecule has 1 atom stereocenters. The van der Waals surface area contributed by atoms with Gasteiger partial charge in [0.05, 0.1) is 0 Å². The van der Waals surface area contributed by atoms with Crippen molar-refractivity contribution in [2.45, 2.75) is 25.9 Å². The molecule has 0 aliphatic carbocycles. The van der Waals surface area contributed by atoms with Crippen molar-refractivity contribution >= 4 is 23.1 Å². The number of nitrogens with zero attached hydrogens (tertiary/aromatic N) is 4. The lowest BCUT2D eigenvalue weighted by atomic mass is 10.1. The summed E-state index contributed by atoms with van der Waals surface area (Å²) in [4.78, 5) is 25.0. The van der Waals surface area contributed by atoms with Crippen LogP contribution < -0.4 is 11.1 Å². The van der Waals surface area contributed by atoms with Crippen LogP contribution in [-0.4, -0.2) is 45.7 Å². The van der Waals surface area contributed by atoms with Gasteiger partial charge in [0.25, 0.3) is 5.91 Å². The van der Waals surface area contributed by atoms with Crippen LogP contribution in [0, 0.1) is 19.7 Å². The van der Waals surface area contributed by atoms with Crippen LogP contribution in [0.25, 0.3) is 16.8 Å². The zero-order valence-electron chi connectivity index (χ0n) is 18.1. The predicted molar refractivity (Wildman–Crippen MR) is 118 cm³/mol. The molecule has 4 rings (SSSR count). The van der Waals surface area contributed by atoms with Gasteiger partial charge in [0.2, 0.25) is 5.82 Å². The highest BCUT2D eigenvalue weighted by Gasteiger charge is 2.32. The van der Waals surface area contributed by atoms with Crippen molar-refractivity contribution in [3.05, 3.63) is 71.2 Å². The number of imidazole rings is 1. The molecule has 3 heterocycles. The number of amides is 1. The fraction of sp³-hybridized carbons (Fsp3) is 0.182. The molecule has 0 bridgehead atoms. The van der Waals surface area contributed by atoms with Gasteiger partial charge >= 0.3 is 5.97 Å². The standard InChI is InChI=1S/C22H21FN6O5/c1-10-9-25-19(24)17-16(28-21(29(10)17)22(32,33)34)14-6-7-15(26-11(14)2)27-20(31)18(30)12-4-3-5-13(23)8-12/h3-9,18,30,32-34H,1-2H3,(H2,24,25)(H,26,27,31). The molecule has 0 saturated carbocycles. The topological polar surface area (TPSA) is 179 Å². The number of rotatable bonds is 5. The minimum absolute atomic E-state index is 0.0265. The van der Waals surface area contributed by atoms with Crippen LogP contribution in [0.5, 0.6) is 0 Å². The molecule has 0 fully saturated rings. The summed E-state index contributed by atoms with van der Waals surface area (Å²) in [5, 5.41) is 42.1. The van der Waals surface area contributed by atoms with E-state index in [9.17, 15) is 29.6 Å². The van der Waals surface area contributed by atoms with Crippen LogP contribution in [0.3, 0.4) is 0 Å². The Labute approximate surface area is 192 Å². The lowest BCUT2D eigenvalue weighted by molar-refractivity contribution is -0.329. The maximum atomic E-state index is 13.4. The van der Waals surface area contributed by atoms with E-state index < -0.39 is 29.6 Å². The zero-order chi connectivity index (χ0) is 24.8. The van der Waals surface area contributed by atoms with Gasteiger partial charge in [0.1, 0.15) is 28.7 Å². The van der Waals surface area contributed by atoms with Crippen molar-refractivity contribution in [1.82, 2.24) is 19.4 Å². The molecule has 7 N–H and O–H groups in total. The molecule has 11 nitrogen and oxygen atoms in total. The third-order valence-corrected chi connectivity index (χ3v) is 5.17. The molecule has 4 aromatic rings. The molecule has 1 amide bonds. The van der Waals surface area contributed by atoms with E-state index in [4.69, 9.17) is 5.73 Å². The summed E-state index contributed by atoms with van der Waals surface area (Å²) >= 11 is 0. The van der Waals surface area contributed by atoms with Crippen LogP contribution in [0.4, 0.5) is 16.0 Å². The minimum Gasteiger partial charge on any atom is -0.382 e. The number of carbonyl (C=O) groups excluding carboxylic acids is 1. The van der Waals surface area contributed by atoms with E-state index in [-0.39, 0.29) is 28.4 Å². The number of halogens is 1. The van der Waals surface area contributed by atoms with Gasteiger partial charge in [-0.25, -0.2) is 19.3 Å². The van der Waals surface area contributed by atoms with Gasteiger partial charge in [-0.3, -0.25) is 9.20 Å². The first kappa shape index (κ1) is 23.2. The number of nitrogens with one attached hydrogen (secondary N) is 1. The third kappa shape index (κ3) is 4.18. The Morgan fingerprint density at radius 3 is 2.56 bits per heavy atom. The Hall–Kier alpha value is -3.97. The van der Waals surface area contributed by atoms with Crippen LogP contribution in [-0.2, 0) is 10.8 Å². The van der Waals surface area contributed by atoms with E-state index in [2.05, 4.69) is 20.3 Å². The molecular formula is C22H21FN6O5. The fourth-order valence-corrected chi connectivity index (χ4v) is 3.60. The highest BCUT2D eigenvalue weighted by atomic mass is 19.1. The van der Waals surface area contributed by atoms with E-state index in [0.29, 0.717) is 17.0 Å². The van der Waals surface area contributed by atoms with Gasteiger partial charge in [-0.15, -0.1) is 0 Å². The summed E-state index contributed by atoms with van der Waals surface area (Å²) in [5.41, 5.74) is 7.71. The number of pyridine rings is 1. The van der Waals surface area contributed by atoms with Crippen molar-refractivity contribution in [2.24, 2.45) is 0 Å². The second kappa shape index (κ2) is 8.43. The number of aromatic nitrogens is 4. The summed E-state index contributed by atoms with van der Waals surface area (Å²) in [7, 11) is 0. The summed E-state index contributed by atoms with van der Waals surface area (Å²) in [6.45, 7) is 3.23. The smallest absolute Gasteiger partial charge is 0.339 e. The molecular weight excluding hydrogens is 447 g/mol. The monoisotopic (exact) mass is 468 g/mol. The maximum Gasteiger partial charge on any atom is 0.339 e. The fourth-order valence-electron chi connectivity index (χ4n) is 3.60. The van der Waals surface area contributed by atoms with E-state index in [1.54, 1.807) is 19.9 Å². The lowest BCUT2D eigenvalue weighted by Crippen LogP contribution is -2.27. The molecule has 0 aliphatic heterocycles. The average molecular weight is 468 g/mol. The SMILES string of the molecule is Cc1nc(NC(=O)C(O)c2cccc(F)c2)ccc1-c1nc(C(O)(O)O)n2c(C)cnc(N)c12. The Kier molecular flexibility index (Phi) is 5.75. The highest BCUT2D eigenvalue weighted by molar-refractivity contribution is 5.94. The van der Waals surface area contributed by atoms with Crippen LogP contribution in [0.1, 0.15) is 28.9 Å². The molecule has 1 aromatic carbocycles. The largest absolute Gasteiger partial charge is 0.382 e. The van der Waals surface area contributed by atoms with Gasteiger partial charge in [0.15, 0.2) is 6.10 Å². The van der Waals surface area contributed by atoms with E-state index in [0.717, 1.165) is 6.07 Å². The summed E-state index contributed by atoms with van der Waals surface area (Å²) < 4.78 is 14.7. The Morgan fingerprint density at radius 1 is 1.18 bits per heavy atom. The molecule has 0 aliphatic rings. The second-order valence-corrected chi connectivity index (χ2v) is 7.66. The van der Waals surface area contributed by atoms with Crippen molar-refractivity contribution in [3.8, 4) is 11.3 Å². The van der Waals surface area contributed by atoms with E-state index >= 15 is 0 Å². The van der Waals surface area contributed by atoms with Crippen molar-refractivity contribution in [3.63, 3.8) is 0 Å². The lowest BCUT2D eigenvalue weighted by Gasteiger charge is -2.13. The summed E-state index contributed by atoms with van der Waals surface area (Å²) in [5.74, 6) is -5.00. The number of nitrogens with two attached hydrogens (primary N) is 1. The number of nitrogen functional groups attached to an aromatic ring is 1. The number of carbonyl (C=O) groups is 1. The molecule has 34 heavy (non-hydrogen) atoms. The van der Waals surface area contributed by atoms with E-state index in [1.165, 1.54) is 34.9 Å². The quantitative estimate of drug-likeness (QED) is 0.232. The zero-order valence-corrected chi connectivity index (χ0v) is 18.1. The third-order valence-electron chi connectivity index (χ3n) is 5.17. The number of anilines is 2. The first-order chi connectivity index (χ1) is 16.0. The summed E-state index contributed by atoms with van der Waals surface area (Å²) in [6, 6.07) is 8.03. The highest BCUT2D eigenvalue weighted by Crippen LogP contribution is 2.33. The van der Waals surface area contributed by atoms with Crippen molar-refractivity contribution in [2.75, 3.05) is 11.1 Å². The first-order valence-corrected chi connectivity index (χ1v) is 10.0. The predicted octanol–water partition coefficient (Wildman–Crippen LogP) is 0.889. The van der Waals surface area contributed by atoms with Crippen LogP contribution in [0.2, 0.25) is 0 Å².